The fraction of sp³-hybridized carbons (Fsp3) is 0.588. The first kappa shape index (κ1) is 32.2. The highest BCUT2D eigenvalue weighted by molar-refractivity contribution is 7.96. The van der Waals surface area contributed by atoms with E-state index in [1.807, 2.05) is 6.92 Å². The van der Waals surface area contributed by atoms with Crippen LogP contribution in [0.5, 0.6) is 0 Å². The highest BCUT2D eigenvalue weighted by Gasteiger charge is 2.70. The molecule has 5 aliphatic carbocycles. The largest absolute Gasteiger partial charge is 0.461 e. The van der Waals surface area contributed by atoms with Gasteiger partial charge in [-0.1, -0.05) is 13.0 Å². The van der Waals surface area contributed by atoms with Gasteiger partial charge in [-0.25, -0.2) is 17.6 Å². The zero-order valence-electron chi connectivity index (χ0n) is 25.3. The van der Waals surface area contributed by atoms with Crippen molar-refractivity contribution in [3.63, 3.8) is 0 Å². The Kier molecular flexibility index (Phi) is 7.40. The van der Waals surface area contributed by atoms with Crippen molar-refractivity contribution in [2.24, 2.45) is 28.1 Å². The molecule has 1 aromatic carbocycles. The Hall–Kier alpha value is -2.79. The van der Waals surface area contributed by atoms with E-state index in [-0.39, 0.29) is 49.2 Å². The lowest BCUT2D eigenvalue weighted by atomic mass is 9.46. The molecule has 45 heavy (non-hydrogen) atoms. The fourth-order valence-corrected chi connectivity index (χ4v) is 9.48. The first-order chi connectivity index (χ1) is 20.9. The molecule has 1 aromatic rings. The third-order valence-electron chi connectivity index (χ3n) is 12.3. The van der Waals surface area contributed by atoms with Crippen LogP contribution in [0.25, 0.3) is 0 Å². The number of aliphatic hydroxyl groups is 1. The van der Waals surface area contributed by atoms with Gasteiger partial charge < -0.3 is 9.84 Å². The van der Waals surface area contributed by atoms with Crippen LogP contribution in [0.4, 0.5) is 17.6 Å². The maximum absolute atomic E-state index is 17.7. The number of fused-ring (bicyclic) bond motifs is 5. The molecule has 4 saturated carbocycles. The van der Waals surface area contributed by atoms with Crippen molar-refractivity contribution in [3.8, 4) is 0 Å². The third kappa shape index (κ3) is 4.38. The summed E-state index contributed by atoms with van der Waals surface area (Å²) in [7, 11) is 0. The molecule has 4 fully saturated rings. The van der Waals surface area contributed by atoms with Gasteiger partial charge in [-0.15, -0.1) is 12.6 Å². The van der Waals surface area contributed by atoms with Crippen molar-refractivity contribution in [1.29, 1.82) is 0 Å². The number of hydrogen-bond donors (Lipinski definition) is 2. The number of ketones is 2. The van der Waals surface area contributed by atoms with E-state index in [1.54, 1.807) is 0 Å². The van der Waals surface area contributed by atoms with E-state index in [1.165, 1.54) is 19.9 Å². The fourth-order valence-electron chi connectivity index (χ4n) is 9.13. The van der Waals surface area contributed by atoms with Crippen LogP contribution >= 0.6 is 12.6 Å². The van der Waals surface area contributed by atoms with Gasteiger partial charge in [0.15, 0.2) is 11.6 Å². The molecule has 0 aromatic heterocycles. The van der Waals surface area contributed by atoms with Crippen LogP contribution in [0, 0.1) is 39.7 Å². The molecule has 242 valence electrons. The van der Waals surface area contributed by atoms with Crippen molar-refractivity contribution in [2.45, 2.75) is 95.7 Å². The standard InChI is InChI=1S/C34H36F4O6S/c1-30-8-10-33(38)21(20(30)6-7-27(30)44-28(41)31(2)9-11-34(31,43)29(42)45)14-24(37)22-15-25(39)17(16-32(22,33)3)12-26(40)19-5-4-18(35)13-23(19)36/h4-5,13,15-16,20-21,24,27,43H,6-12,14H2,1-3H3,(H,42,45)/t20-,21-,24-,27+,30-,31?,32-,33+,34+/m0/s1. The van der Waals surface area contributed by atoms with Crippen LogP contribution in [-0.4, -0.2) is 51.3 Å². The lowest BCUT2D eigenvalue weighted by molar-refractivity contribution is -0.209. The number of carbonyl (C=O) groups excluding carboxylic acids is 4. The van der Waals surface area contributed by atoms with E-state index in [9.17, 15) is 33.1 Å². The number of halogens is 4. The summed E-state index contributed by atoms with van der Waals surface area (Å²) in [4.78, 5) is 51.4. The third-order valence-corrected chi connectivity index (χ3v) is 12.7. The van der Waals surface area contributed by atoms with E-state index in [4.69, 9.17) is 4.74 Å². The smallest absolute Gasteiger partial charge is 0.315 e. The second kappa shape index (κ2) is 10.4. The number of esters is 1. The van der Waals surface area contributed by atoms with Gasteiger partial charge in [0.2, 0.25) is 5.12 Å². The number of thiol groups is 1. The minimum Gasteiger partial charge on any atom is -0.461 e. The average Bonchev–Trinajstić information content (AvgIpc) is 3.29. The topological polar surface area (TPSA) is 97.7 Å². The number of carbonyl (C=O) groups is 4. The molecule has 9 atom stereocenters. The number of alkyl halides is 2. The van der Waals surface area contributed by atoms with Crippen LogP contribution in [0.3, 0.4) is 0 Å². The van der Waals surface area contributed by atoms with Gasteiger partial charge in [0.1, 0.15) is 40.6 Å². The molecule has 1 N–H and O–H groups in total. The van der Waals surface area contributed by atoms with Gasteiger partial charge in [0.05, 0.1) is 5.56 Å². The maximum atomic E-state index is 17.7. The van der Waals surface area contributed by atoms with Crippen LogP contribution in [0.15, 0.2) is 41.5 Å². The van der Waals surface area contributed by atoms with E-state index >= 15 is 8.78 Å². The molecular formula is C34H36F4O6S. The summed E-state index contributed by atoms with van der Waals surface area (Å²) < 4.78 is 67.3. The van der Waals surface area contributed by atoms with Crippen molar-refractivity contribution >= 4 is 35.3 Å². The van der Waals surface area contributed by atoms with Gasteiger partial charge in [-0.3, -0.25) is 19.2 Å². The van der Waals surface area contributed by atoms with Crippen LogP contribution < -0.4 is 0 Å². The van der Waals surface area contributed by atoms with E-state index < -0.39 is 92.0 Å². The van der Waals surface area contributed by atoms with Crippen LogP contribution in [0.1, 0.15) is 82.5 Å². The first-order valence-electron chi connectivity index (χ1n) is 15.4. The maximum Gasteiger partial charge on any atom is 0.315 e. The predicted octanol–water partition coefficient (Wildman–Crippen LogP) is 6.16. The van der Waals surface area contributed by atoms with E-state index in [0.717, 1.165) is 18.2 Å². The quantitative estimate of drug-likeness (QED) is 0.166. The van der Waals surface area contributed by atoms with Gasteiger partial charge in [0, 0.05) is 34.8 Å². The second-order valence-electron chi connectivity index (χ2n) is 14.3. The monoisotopic (exact) mass is 648 g/mol. The van der Waals surface area contributed by atoms with Gasteiger partial charge >= 0.3 is 5.97 Å². The molecule has 0 radical (unpaired) electrons. The minimum atomic E-state index is -2.00. The normalized spacial score (nSPS) is 41.9. The summed E-state index contributed by atoms with van der Waals surface area (Å²) in [6.07, 6.45) is 0.856. The highest BCUT2D eigenvalue weighted by atomic mass is 32.1. The Morgan fingerprint density at radius 3 is 2.38 bits per heavy atom. The summed E-state index contributed by atoms with van der Waals surface area (Å²) in [5.41, 5.74) is -8.13. The Bertz CT molecular complexity index is 1590. The summed E-state index contributed by atoms with van der Waals surface area (Å²) in [5.74, 6) is -5.27. The van der Waals surface area contributed by atoms with Crippen molar-refractivity contribution in [1.82, 2.24) is 0 Å². The van der Waals surface area contributed by atoms with Gasteiger partial charge in [-0.05, 0) is 88.5 Å². The molecule has 0 aliphatic heterocycles. The minimum absolute atomic E-state index is 0.00797. The number of ether oxygens (including phenoxy) is 1. The molecule has 0 amide bonds. The second-order valence-corrected chi connectivity index (χ2v) is 14.7. The van der Waals surface area contributed by atoms with Crippen molar-refractivity contribution < 1.29 is 46.6 Å². The first-order valence-corrected chi connectivity index (χ1v) is 15.8. The molecule has 6 nitrogen and oxygen atoms in total. The average molecular weight is 649 g/mol. The molecular weight excluding hydrogens is 612 g/mol. The Balaban J connectivity index is 1.27. The molecule has 0 saturated heterocycles. The molecule has 5 aliphatic rings. The highest BCUT2D eigenvalue weighted by Crippen LogP contribution is 2.69. The van der Waals surface area contributed by atoms with E-state index in [2.05, 4.69) is 12.6 Å². The molecule has 0 heterocycles. The zero-order chi connectivity index (χ0) is 32.9. The van der Waals surface area contributed by atoms with Crippen molar-refractivity contribution in [2.75, 3.05) is 0 Å². The number of benzene rings is 1. The molecule has 0 bridgehead atoms. The predicted molar refractivity (Wildman–Crippen MR) is 158 cm³/mol. The van der Waals surface area contributed by atoms with Gasteiger partial charge in [-0.2, -0.15) is 0 Å². The summed E-state index contributed by atoms with van der Waals surface area (Å²) >= 11 is 3.78. The summed E-state index contributed by atoms with van der Waals surface area (Å²) in [6.45, 7) is 4.92. The summed E-state index contributed by atoms with van der Waals surface area (Å²) in [5, 5.41) is 9.97. The molecule has 0 spiro atoms. The lowest BCUT2D eigenvalue weighted by Gasteiger charge is -2.60. The Labute approximate surface area is 264 Å². The number of rotatable bonds is 6. The zero-order valence-corrected chi connectivity index (χ0v) is 26.2. The lowest BCUT2D eigenvalue weighted by Crippen LogP contribution is -2.65. The number of allylic oxidation sites excluding steroid dienone is 4. The van der Waals surface area contributed by atoms with Crippen LogP contribution in [-0.2, 0) is 19.1 Å². The van der Waals surface area contributed by atoms with Crippen molar-refractivity contribution in [3.05, 3.63) is 58.7 Å². The molecule has 1 unspecified atom stereocenters. The number of Topliss-reactive ketones (excluding diaryl/α,β-unsaturated/α-hetero) is 1. The SMILES string of the molecule is CC1(C(=O)O[C@@H]2CC[C@H]3[C@@H]4C[C@H](F)C5=CC(=O)C(CC(=O)c6ccc(F)cc6F)=C[C@]5(C)[C@@]4(F)CC[C@]23C)CC[C@@]1(O)C(=O)S. The molecule has 11 heteroatoms. The number of hydrogen-bond acceptors (Lipinski definition) is 6. The Morgan fingerprint density at radius 1 is 1.04 bits per heavy atom. The summed E-state index contributed by atoms with van der Waals surface area (Å²) in [6, 6.07) is 2.49. The van der Waals surface area contributed by atoms with E-state index in [0.29, 0.717) is 18.9 Å². The molecule has 6 rings (SSSR count). The Morgan fingerprint density at radius 2 is 1.76 bits per heavy atom. The van der Waals surface area contributed by atoms with Gasteiger partial charge in [0.25, 0.3) is 0 Å². The van der Waals surface area contributed by atoms with Crippen LogP contribution in [0.2, 0.25) is 0 Å².